The van der Waals surface area contributed by atoms with Crippen molar-refractivity contribution in [3.63, 3.8) is 0 Å². The quantitative estimate of drug-likeness (QED) is 0.776. The smallest absolute Gasteiger partial charge is 0.125 e. The average molecular weight is 339 g/mol. The second-order valence-corrected chi connectivity index (χ2v) is 7.05. The van der Waals surface area contributed by atoms with Gasteiger partial charge in [-0.3, -0.25) is 9.58 Å². The summed E-state index contributed by atoms with van der Waals surface area (Å²) in [5.41, 5.74) is 2.69. The molecule has 3 aromatic heterocycles. The van der Waals surface area contributed by atoms with E-state index in [1.807, 2.05) is 30.6 Å². The number of aromatic nitrogens is 3. The van der Waals surface area contributed by atoms with E-state index >= 15 is 0 Å². The first kappa shape index (κ1) is 15.4. The summed E-state index contributed by atoms with van der Waals surface area (Å²) < 4.78 is 2.15. The van der Waals surface area contributed by atoms with Crippen molar-refractivity contribution >= 4 is 17.2 Å². The van der Waals surface area contributed by atoms with Crippen LogP contribution in [0.25, 0.3) is 0 Å². The first-order chi connectivity index (χ1) is 11.9. The summed E-state index contributed by atoms with van der Waals surface area (Å²) in [6.45, 7) is 4.85. The molecule has 1 aliphatic heterocycles. The monoisotopic (exact) mass is 339 g/mol. The Hall–Kier alpha value is -2.18. The molecule has 1 atom stereocenters. The van der Waals surface area contributed by atoms with Crippen molar-refractivity contribution in [1.29, 1.82) is 0 Å². The van der Waals surface area contributed by atoms with E-state index in [2.05, 4.69) is 47.9 Å². The predicted octanol–water partition coefficient (Wildman–Crippen LogP) is 3.08. The molecule has 1 N–H and O–H groups in total. The van der Waals surface area contributed by atoms with Crippen LogP contribution in [0, 0.1) is 5.92 Å². The van der Waals surface area contributed by atoms with Crippen molar-refractivity contribution in [2.75, 3.05) is 18.4 Å². The normalized spacial score (nSPS) is 18.1. The van der Waals surface area contributed by atoms with Crippen LogP contribution in [0.15, 0.2) is 53.5 Å². The Bertz CT molecular complexity index is 753. The van der Waals surface area contributed by atoms with E-state index in [9.17, 15) is 0 Å². The lowest BCUT2D eigenvalue weighted by Gasteiger charge is -2.23. The van der Waals surface area contributed by atoms with Crippen LogP contribution in [0.3, 0.4) is 0 Å². The number of rotatable bonds is 5. The van der Waals surface area contributed by atoms with Gasteiger partial charge >= 0.3 is 0 Å². The molecule has 0 saturated heterocycles. The largest absolute Gasteiger partial charge is 0.370 e. The van der Waals surface area contributed by atoms with Crippen LogP contribution in [0.4, 0.5) is 5.82 Å². The fourth-order valence-corrected chi connectivity index (χ4v) is 3.89. The van der Waals surface area contributed by atoms with Gasteiger partial charge < -0.3 is 5.32 Å². The minimum Gasteiger partial charge on any atom is -0.370 e. The molecule has 1 aliphatic rings. The summed E-state index contributed by atoms with van der Waals surface area (Å²) in [5.74, 6) is 1.43. The maximum Gasteiger partial charge on any atom is 0.125 e. The third kappa shape index (κ3) is 3.66. The summed E-state index contributed by atoms with van der Waals surface area (Å²) in [7, 11) is 0. The van der Waals surface area contributed by atoms with Crippen molar-refractivity contribution in [3.05, 3.63) is 64.7 Å². The highest BCUT2D eigenvalue weighted by atomic mass is 32.1. The van der Waals surface area contributed by atoms with Gasteiger partial charge in [0, 0.05) is 51.0 Å². The van der Waals surface area contributed by atoms with Crippen LogP contribution in [0.5, 0.6) is 0 Å². The van der Waals surface area contributed by atoms with Crippen molar-refractivity contribution in [2.45, 2.75) is 19.6 Å². The van der Waals surface area contributed by atoms with E-state index in [1.54, 1.807) is 11.3 Å². The molecule has 0 saturated carbocycles. The molecule has 0 spiro atoms. The highest BCUT2D eigenvalue weighted by Crippen LogP contribution is 2.19. The Morgan fingerprint density at radius 2 is 2.17 bits per heavy atom. The maximum atomic E-state index is 4.50. The van der Waals surface area contributed by atoms with Gasteiger partial charge in [0.05, 0.1) is 5.69 Å². The van der Waals surface area contributed by atoms with Crippen molar-refractivity contribution in [1.82, 2.24) is 19.7 Å². The fourth-order valence-electron chi connectivity index (χ4n) is 3.23. The number of pyridine rings is 1. The Morgan fingerprint density at radius 1 is 1.17 bits per heavy atom. The molecule has 0 aromatic carbocycles. The molecule has 4 rings (SSSR count). The zero-order valence-electron chi connectivity index (χ0n) is 13.5. The zero-order chi connectivity index (χ0) is 16.2. The SMILES string of the molecule is c1ccc(NCC2CN(Cc3ccsc3)Cc3ccnn3C2)nc1. The Balaban J connectivity index is 1.46. The predicted molar refractivity (Wildman–Crippen MR) is 96.9 cm³/mol. The van der Waals surface area contributed by atoms with Gasteiger partial charge in [-0.25, -0.2) is 4.98 Å². The molecule has 4 heterocycles. The minimum atomic E-state index is 0.492. The Labute approximate surface area is 146 Å². The van der Waals surface area contributed by atoms with Gasteiger partial charge in [0.25, 0.3) is 0 Å². The number of anilines is 1. The second kappa shape index (κ2) is 7.15. The summed E-state index contributed by atoms with van der Waals surface area (Å²) in [6, 6.07) is 10.3. The molecule has 124 valence electrons. The van der Waals surface area contributed by atoms with Crippen LogP contribution in [-0.4, -0.2) is 32.8 Å². The topological polar surface area (TPSA) is 46.0 Å². The molecule has 24 heavy (non-hydrogen) atoms. The highest BCUT2D eigenvalue weighted by molar-refractivity contribution is 7.07. The molecule has 0 fully saturated rings. The van der Waals surface area contributed by atoms with Crippen molar-refractivity contribution in [3.8, 4) is 0 Å². The summed E-state index contributed by atoms with van der Waals surface area (Å²) >= 11 is 1.76. The van der Waals surface area contributed by atoms with Gasteiger partial charge in [0.1, 0.15) is 5.82 Å². The maximum absolute atomic E-state index is 4.50. The van der Waals surface area contributed by atoms with E-state index in [0.29, 0.717) is 5.92 Å². The molecule has 5 nitrogen and oxygen atoms in total. The van der Waals surface area contributed by atoms with Crippen LogP contribution in [0.1, 0.15) is 11.3 Å². The van der Waals surface area contributed by atoms with Gasteiger partial charge in [0.2, 0.25) is 0 Å². The molecule has 1 unspecified atom stereocenters. The summed E-state index contributed by atoms with van der Waals surface area (Å²) in [4.78, 5) is 6.88. The van der Waals surface area contributed by atoms with E-state index < -0.39 is 0 Å². The molecular weight excluding hydrogens is 318 g/mol. The highest BCUT2D eigenvalue weighted by Gasteiger charge is 2.22. The number of hydrogen-bond donors (Lipinski definition) is 1. The first-order valence-electron chi connectivity index (χ1n) is 8.26. The molecule has 0 radical (unpaired) electrons. The number of thiophene rings is 1. The fraction of sp³-hybridized carbons (Fsp3) is 0.333. The molecule has 0 aliphatic carbocycles. The number of nitrogens with one attached hydrogen (secondary N) is 1. The van der Waals surface area contributed by atoms with Crippen LogP contribution >= 0.6 is 11.3 Å². The van der Waals surface area contributed by atoms with E-state index in [0.717, 1.165) is 38.5 Å². The van der Waals surface area contributed by atoms with Gasteiger partial charge in [-0.15, -0.1) is 0 Å². The van der Waals surface area contributed by atoms with Crippen molar-refractivity contribution in [2.24, 2.45) is 5.92 Å². The summed E-state index contributed by atoms with van der Waals surface area (Å²) in [6.07, 6.45) is 3.73. The lowest BCUT2D eigenvalue weighted by Crippen LogP contribution is -2.31. The zero-order valence-corrected chi connectivity index (χ0v) is 14.3. The number of fused-ring (bicyclic) bond motifs is 1. The third-order valence-electron chi connectivity index (χ3n) is 4.36. The van der Waals surface area contributed by atoms with E-state index in [-0.39, 0.29) is 0 Å². The van der Waals surface area contributed by atoms with Gasteiger partial charge in [-0.2, -0.15) is 16.4 Å². The lowest BCUT2D eigenvalue weighted by molar-refractivity contribution is 0.226. The first-order valence-corrected chi connectivity index (χ1v) is 9.20. The molecular formula is C18H21N5S. The van der Waals surface area contributed by atoms with E-state index in [4.69, 9.17) is 0 Å². The molecule has 0 amide bonds. The number of nitrogens with zero attached hydrogens (tertiary/aromatic N) is 4. The van der Waals surface area contributed by atoms with Crippen molar-refractivity contribution < 1.29 is 0 Å². The summed E-state index contributed by atoms with van der Waals surface area (Å²) in [5, 5.41) is 12.4. The second-order valence-electron chi connectivity index (χ2n) is 6.27. The van der Waals surface area contributed by atoms with Crippen LogP contribution in [-0.2, 0) is 19.6 Å². The van der Waals surface area contributed by atoms with Gasteiger partial charge in [-0.1, -0.05) is 6.07 Å². The van der Waals surface area contributed by atoms with Gasteiger partial charge in [0.15, 0.2) is 0 Å². The molecule has 3 aromatic rings. The van der Waals surface area contributed by atoms with Crippen LogP contribution in [0.2, 0.25) is 0 Å². The van der Waals surface area contributed by atoms with E-state index in [1.165, 1.54) is 11.3 Å². The molecule has 0 bridgehead atoms. The molecule has 6 heteroatoms. The Morgan fingerprint density at radius 3 is 3.00 bits per heavy atom. The standard InChI is InChI=1S/C18H21N5S/c1-2-6-19-18(3-1)20-9-16-11-22(10-15-5-8-24-14-15)13-17-4-7-21-23(17)12-16/h1-8,14,16H,9-13H2,(H,19,20). The van der Waals surface area contributed by atoms with Gasteiger partial charge in [-0.05, 0) is 40.6 Å². The minimum absolute atomic E-state index is 0.492. The third-order valence-corrected chi connectivity index (χ3v) is 5.09. The number of hydrogen-bond acceptors (Lipinski definition) is 5. The lowest BCUT2D eigenvalue weighted by atomic mass is 10.1. The average Bonchev–Trinajstić information content (AvgIpc) is 3.23. The van der Waals surface area contributed by atoms with Crippen LogP contribution < -0.4 is 5.32 Å². The Kier molecular flexibility index (Phi) is 4.57.